The average Bonchev–Trinajstić information content (AvgIpc) is 2.49. The Morgan fingerprint density at radius 2 is 1.67 bits per heavy atom. The molecule has 0 aromatic heterocycles. The average molecular weight is 287 g/mol. The predicted molar refractivity (Wildman–Crippen MR) is 79.6 cm³/mol. The predicted octanol–water partition coefficient (Wildman–Crippen LogP) is 3.15. The fourth-order valence-corrected chi connectivity index (χ4v) is 2.15. The number of anilines is 1. The van der Waals surface area contributed by atoms with Crippen molar-refractivity contribution < 1.29 is 18.9 Å². The van der Waals surface area contributed by atoms with Crippen molar-refractivity contribution in [2.75, 3.05) is 26.1 Å². The first kappa shape index (κ1) is 13.4. The van der Waals surface area contributed by atoms with E-state index in [1.165, 1.54) is 0 Å². The quantitative estimate of drug-likeness (QED) is 0.879. The van der Waals surface area contributed by atoms with Crippen LogP contribution < -0.4 is 24.7 Å². The Morgan fingerprint density at radius 1 is 0.952 bits per heavy atom. The molecule has 0 saturated carbocycles. The van der Waals surface area contributed by atoms with Gasteiger partial charge in [-0.05, 0) is 24.6 Å². The van der Waals surface area contributed by atoms with Gasteiger partial charge in [0.2, 0.25) is 0 Å². The summed E-state index contributed by atoms with van der Waals surface area (Å²) in [5, 5.41) is 0. The molecule has 0 unspecified atom stereocenters. The van der Waals surface area contributed by atoms with Gasteiger partial charge in [0, 0.05) is 12.1 Å². The summed E-state index contributed by atoms with van der Waals surface area (Å²) in [6.45, 7) is 3.04. The number of nitrogen functional groups attached to an aromatic ring is 1. The fraction of sp³-hybridized carbons (Fsp3) is 0.250. The Kier molecular flexibility index (Phi) is 3.48. The topological polar surface area (TPSA) is 62.9 Å². The van der Waals surface area contributed by atoms with E-state index in [0.717, 1.165) is 5.56 Å². The maximum atomic E-state index is 6.01. The maximum Gasteiger partial charge on any atom is 0.169 e. The minimum absolute atomic E-state index is 0.488. The van der Waals surface area contributed by atoms with E-state index < -0.39 is 0 Å². The van der Waals surface area contributed by atoms with Gasteiger partial charge >= 0.3 is 0 Å². The van der Waals surface area contributed by atoms with Crippen LogP contribution in [0.1, 0.15) is 5.56 Å². The number of nitrogens with two attached hydrogens (primary N) is 1. The van der Waals surface area contributed by atoms with E-state index in [4.69, 9.17) is 24.7 Å². The number of hydrogen-bond acceptors (Lipinski definition) is 5. The van der Waals surface area contributed by atoms with Gasteiger partial charge in [-0.1, -0.05) is 6.07 Å². The molecule has 0 bridgehead atoms. The van der Waals surface area contributed by atoms with Crippen LogP contribution in [-0.4, -0.2) is 20.3 Å². The summed E-state index contributed by atoms with van der Waals surface area (Å²) in [7, 11) is 1.61. The van der Waals surface area contributed by atoms with Crippen LogP contribution in [0, 0.1) is 6.92 Å². The van der Waals surface area contributed by atoms with E-state index in [9.17, 15) is 0 Å². The standard InChI is InChI=1S/C16H17NO4/c1-10-3-4-12(14(7-10)18-2)21-13-9-16-15(8-11(13)17)19-5-6-20-16/h3-4,7-9H,5-6,17H2,1-2H3. The van der Waals surface area contributed by atoms with Crippen molar-refractivity contribution >= 4 is 5.69 Å². The Hall–Kier alpha value is -2.56. The van der Waals surface area contributed by atoms with E-state index in [2.05, 4.69) is 0 Å². The van der Waals surface area contributed by atoms with Gasteiger partial charge in [0.25, 0.3) is 0 Å². The van der Waals surface area contributed by atoms with Crippen LogP contribution in [0.2, 0.25) is 0 Å². The van der Waals surface area contributed by atoms with E-state index in [0.29, 0.717) is 47.6 Å². The summed E-state index contributed by atoms with van der Waals surface area (Å²) in [6.07, 6.45) is 0. The molecule has 5 nitrogen and oxygen atoms in total. The van der Waals surface area contributed by atoms with Gasteiger partial charge < -0.3 is 24.7 Å². The van der Waals surface area contributed by atoms with Gasteiger partial charge in [0.05, 0.1) is 12.8 Å². The molecule has 110 valence electrons. The molecule has 0 saturated heterocycles. The van der Waals surface area contributed by atoms with E-state index in [1.54, 1.807) is 19.2 Å². The van der Waals surface area contributed by atoms with E-state index in [1.807, 2.05) is 25.1 Å². The van der Waals surface area contributed by atoms with Crippen molar-refractivity contribution in [1.29, 1.82) is 0 Å². The molecule has 2 aromatic carbocycles. The zero-order valence-electron chi connectivity index (χ0n) is 12.0. The molecular weight excluding hydrogens is 270 g/mol. The number of fused-ring (bicyclic) bond motifs is 1. The van der Waals surface area contributed by atoms with Gasteiger partial charge in [-0.25, -0.2) is 0 Å². The summed E-state index contributed by atoms with van der Waals surface area (Å²) >= 11 is 0. The van der Waals surface area contributed by atoms with Crippen molar-refractivity contribution in [1.82, 2.24) is 0 Å². The van der Waals surface area contributed by atoms with Gasteiger partial charge in [0.15, 0.2) is 28.7 Å². The molecule has 0 fully saturated rings. The van der Waals surface area contributed by atoms with Crippen molar-refractivity contribution in [3.05, 3.63) is 35.9 Å². The number of benzene rings is 2. The van der Waals surface area contributed by atoms with Crippen LogP contribution in [0.4, 0.5) is 5.69 Å². The lowest BCUT2D eigenvalue weighted by Gasteiger charge is -2.20. The molecule has 5 heteroatoms. The Bertz CT molecular complexity index is 670. The highest BCUT2D eigenvalue weighted by molar-refractivity contribution is 5.63. The van der Waals surface area contributed by atoms with Gasteiger partial charge in [0.1, 0.15) is 13.2 Å². The highest BCUT2D eigenvalue weighted by Crippen LogP contribution is 2.41. The smallest absolute Gasteiger partial charge is 0.169 e. The highest BCUT2D eigenvalue weighted by Gasteiger charge is 2.16. The Labute approximate surface area is 123 Å². The lowest BCUT2D eigenvalue weighted by atomic mass is 10.2. The Morgan fingerprint density at radius 3 is 2.38 bits per heavy atom. The number of methoxy groups -OCH3 is 1. The third kappa shape index (κ3) is 2.67. The number of ether oxygens (including phenoxy) is 4. The monoisotopic (exact) mass is 287 g/mol. The summed E-state index contributed by atoms with van der Waals surface area (Å²) in [6, 6.07) is 9.16. The van der Waals surface area contributed by atoms with Crippen LogP contribution in [0.5, 0.6) is 28.7 Å². The van der Waals surface area contributed by atoms with Crippen LogP contribution in [-0.2, 0) is 0 Å². The minimum Gasteiger partial charge on any atom is -0.493 e. The van der Waals surface area contributed by atoms with Gasteiger partial charge in [-0.15, -0.1) is 0 Å². The van der Waals surface area contributed by atoms with Crippen LogP contribution in [0.3, 0.4) is 0 Å². The lowest BCUT2D eigenvalue weighted by Crippen LogP contribution is -2.15. The molecule has 3 rings (SSSR count). The lowest BCUT2D eigenvalue weighted by molar-refractivity contribution is 0.171. The Balaban J connectivity index is 1.94. The number of hydrogen-bond donors (Lipinski definition) is 1. The third-order valence-electron chi connectivity index (χ3n) is 3.21. The second kappa shape index (κ2) is 5.44. The number of aryl methyl sites for hydroxylation is 1. The van der Waals surface area contributed by atoms with Gasteiger partial charge in [-0.2, -0.15) is 0 Å². The van der Waals surface area contributed by atoms with E-state index >= 15 is 0 Å². The summed E-state index contributed by atoms with van der Waals surface area (Å²) in [5.74, 6) is 3.05. The third-order valence-corrected chi connectivity index (χ3v) is 3.21. The molecule has 0 radical (unpaired) electrons. The van der Waals surface area contributed by atoms with Gasteiger partial charge in [-0.3, -0.25) is 0 Å². The summed E-state index contributed by atoms with van der Waals surface area (Å²) in [5.41, 5.74) is 7.59. The molecule has 1 aliphatic rings. The second-order valence-electron chi connectivity index (χ2n) is 4.79. The van der Waals surface area contributed by atoms with Crippen molar-refractivity contribution in [3.8, 4) is 28.7 Å². The molecule has 21 heavy (non-hydrogen) atoms. The maximum absolute atomic E-state index is 6.01. The molecule has 2 aromatic rings. The second-order valence-corrected chi connectivity index (χ2v) is 4.79. The zero-order chi connectivity index (χ0) is 14.8. The summed E-state index contributed by atoms with van der Waals surface area (Å²) in [4.78, 5) is 0. The first-order chi connectivity index (χ1) is 10.2. The molecule has 1 heterocycles. The molecule has 0 spiro atoms. The zero-order valence-corrected chi connectivity index (χ0v) is 12.0. The molecular formula is C16H17NO4. The summed E-state index contributed by atoms with van der Waals surface area (Å²) < 4.78 is 22.2. The van der Waals surface area contributed by atoms with Crippen LogP contribution in [0.15, 0.2) is 30.3 Å². The minimum atomic E-state index is 0.488. The van der Waals surface area contributed by atoms with Crippen LogP contribution >= 0.6 is 0 Å². The fourth-order valence-electron chi connectivity index (χ4n) is 2.15. The van der Waals surface area contributed by atoms with Crippen LogP contribution in [0.25, 0.3) is 0 Å². The first-order valence-electron chi connectivity index (χ1n) is 6.69. The highest BCUT2D eigenvalue weighted by atomic mass is 16.6. The van der Waals surface area contributed by atoms with Crippen molar-refractivity contribution in [2.45, 2.75) is 6.92 Å². The molecule has 2 N–H and O–H groups in total. The normalized spacial score (nSPS) is 12.9. The van der Waals surface area contributed by atoms with Crippen molar-refractivity contribution in [3.63, 3.8) is 0 Å². The van der Waals surface area contributed by atoms with E-state index in [-0.39, 0.29) is 0 Å². The number of rotatable bonds is 3. The largest absolute Gasteiger partial charge is 0.493 e. The molecule has 1 aliphatic heterocycles. The molecule has 0 atom stereocenters. The molecule has 0 aliphatic carbocycles. The molecule has 0 amide bonds. The SMILES string of the molecule is COc1cc(C)ccc1Oc1cc2c(cc1N)OCCO2. The first-order valence-corrected chi connectivity index (χ1v) is 6.69. The van der Waals surface area contributed by atoms with Crippen molar-refractivity contribution in [2.24, 2.45) is 0 Å².